The van der Waals surface area contributed by atoms with Crippen LogP contribution >= 0.6 is 0 Å². The number of amides is 1. The Morgan fingerprint density at radius 2 is 2.29 bits per heavy atom. The zero-order chi connectivity index (χ0) is 12.3. The molecule has 1 N–H and O–H groups in total. The van der Waals surface area contributed by atoms with Crippen LogP contribution in [0, 0.1) is 11.8 Å². The van der Waals surface area contributed by atoms with Crippen LogP contribution in [0.5, 0.6) is 0 Å². The predicted molar refractivity (Wildman–Crippen MR) is 66.8 cm³/mol. The molecule has 98 valence electrons. The molecule has 0 aromatic rings. The lowest BCUT2D eigenvalue weighted by atomic mass is 9.99. The Bertz CT molecular complexity index is 264. The van der Waals surface area contributed by atoms with Gasteiger partial charge in [-0.3, -0.25) is 4.79 Å². The molecule has 0 aromatic heterocycles. The molecular formula is C13H24N2O2. The van der Waals surface area contributed by atoms with Gasteiger partial charge in [0.15, 0.2) is 0 Å². The molecule has 3 atom stereocenters. The third-order valence-corrected chi connectivity index (χ3v) is 3.97. The van der Waals surface area contributed by atoms with Gasteiger partial charge >= 0.3 is 0 Å². The van der Waals surface area contributed by atoms with Gasteiger partial charge < -0.3 is 15.0 Å². The van der Waals surface area contributed by atoms with Crippen molar-refractivity contribution < 1.29 is 9.53 Å². The van der Waals surface area contributed by atoms with Crippen LogP contribution in [0.25, 0.3) is 0 Å². The number of nitrogens with zero attached hydrogens (tertiary/aromatic N) is 1. The molecule has 0 spiro atoms. The maximum absolute atomic E-state index is 12.2. The highest BCUT2D eigenvalue weighted by Gasteiger charge is 2.35. The fourth-order valence-electron chi connectivity index (χ4n) is 2.82. The molecule has 1 amide bonds. The van der Waals surface area contributed by atoms with Crippen LogP contribution in [0.15, 0.2) is 0 Å². The first-order valence-electron chi connectivity index (χ1n) is 6.82. The molecule has 4 nitrogen and oxygen atoms in total. The summed E-state index contributed by atoms with van der Waals surface area (Å²) in [5.41, 5.74) is 0. The van der Waals surface area contributed by atoms with Crippen LogP contribution in [0.1, 0.15) is 26.7 Å². The maximum Gasteiger partial charge on any atom is 0.239 e. The summed E-state index contributed by atoms with van der Waals surface area (Å²) in [4.78, 5) is 14.3. The van der Waals surface area contributed by atoms with Crippen LogP contribution in [-0.2, 0) is 9.53 Å². The molecule has 0 aliphatic carbocycles. The molecule has 4 heteroatoms. The van der Waals surface area contributed by atoms with Crippen LogP contribution in [0.4, 0.5) is 0 Å². The minimum absolute atomic E-state index is 0.0769. The number of ether oxygens (including phenoxy) is 1. The van der Waals surface area contributed by atoms with Gasteiger partial charge in [-0.2, -0.15) is 0 Å². The van der Waals surface area contributed by atoms with Crippen molar-refractivity contribution in [1.29, 1.82) is 0 Å². The molecule has 2 rings (SSSR count). The molecule has 2 fully saturated rings. The zero-order valence-corrected chi connectivity index (χ0v) is 10.9. The Morgan fingerprint density at radius 3 is 2.94 bits per heavy atom. The molecule has 2 aliphatic heterocycles. The van der Waals surface area contributed by atoms with Gasteiger partial charge in [0.1, 0.15) is 0 Å². The fraction of sp³-hybridized carbons (Fsp3) is 0.923. The average molecular weight is 240 g/mol. The summed E-state index contributed by atoms with van der Waals surface area (Å²) in [6.45, 7) is 8.56. The molecule has 0 radical (unpaired) electrons. The Hall–Kier alpha value is -0.610. The zero-order valence-electron chi connectivity index (χ0n) is 10.9. The van der Waals surface area contributed by atoms with E-state index in [0.29, 0.717) is 17.7 Å². The van der Waals surface area contributed by atoms with E-state index in [0.717, 1.165) is 45.7 Å². The topological polar surface area (TPSA) is 41.6 Å². The lowest BCUT2D eigenvalue weighted by molar-refractivity contribution is -0.132. The van der Waals surface area contributed by atoms with Gasteiger partial charge in [-0.1, -0.05) is 6.92 Å². The van der Waals surface area contributed by atoms with Gasteiger partial charge in [-0.05, 0) is 32.2 Å². The average Bonchev–Trinajstić information content (AvgIpc) is 2.95. The van der Waals surface area contributed by atoms with Crippen LogP contribution in [-0.4, -0.2) is 49.7 Å². The molecule has 0 unspecified atom stereocenters. The van der Waals surface area contributed by atoms with Crippen molar-refractivity contribution in [2.75, 3.05) is 32.8 Å². The first kappa shape index (κ1) is 12.8. The van der Waals surface area contributed by atoms with Crippen molar-refractivity contribution in [2.45, 2.75) is 32.7 Å². The highest BCUT2D eigenvalue weighted by Crippen LogP contribution is 2.24. The van der Waals surface area contributed by atoms with Gasteiger partial charge in [-0.15, -0.1) is 0 Å². The number of hydrogen-bond donors (Lipinski definition) is 1. The van der Waals surface area contributed by atoms with Gasteiger partial charge in [0.2, 0.25) is 5.91 Å². The van der Waals surface area contributed by atoms with Gasteiger partial charge in [0, 0.05) is 25.6 Å². The number of nitrogens with one attached hydrogen (secondary N) is 1. The molecule has 2 saturated heterocycles. The third kappa shape index (κ3) is 2.99. The lowest BCUT2D eigenvalue weighted by Gasteiger charge is -2.20. The number of likely N-dealkylation sites (tertiary alicyclic amines) is 1. The van der Waals surface area contributed by atoms with Crippen LogP contribution in [0.3, 0.4) is 0 Å². The van der Waals surface area contributed by atoms with Crippen molar-refractivity contribution in [3.05, 3.63) is 0 Å². The largest absolute Gasteiger partial charge is 0.381 e. The van der Waals surface area contributed by atoms with Crippen LogP contribution < -0.4 is 5.32 Å². The van der Waals surface area contributed by atoms with E-state index in [1.807, 2.05) is 11.8 Å². The summed E-state index contributed by atoms with van der Waals surface area (Å²) < 4.78 is 5.49. The Kier molecular flexibility index (Phi) is 4.40. The highest BCUT2D eigenvalue weighted by molar-refractivity contribution is 5.82. The number of rotatable bonds is 4. The maximum atomic E-state index is 12.2. The summed E-state index contributed by atoms with van der Waals surface area (Å²) in [7, 11) is 0. The molecular weight excluding hydrogens is 216 g/mol. The third-order valence-electron chi connectivity index (χ3n) is 3.97. The standard InChI is InChI=1S/C13H24N2O2/c1-3-17-9-11-8-15(7-10(11)2)13(16)12-5-4-6-14-12/h10-12,14H,3-9H2,1-2H3/t10-,11-,12+/m0/s1. The first-order chi connectivity index (χ1) is 8.22. The SMILES string of the molecule is CCOC[C@@H]1CN(C(=O)[C@H]2CCCN2)C[C@@H]1C. The van der Waals surface area contributed by atoms with Crippen molar-refractivity contribution in [1.82, 2.24) is 10.2 Å². The summed E-state index contributed by atoms with van der Waals surface area (Å²) in [6.07, 6.45) is 2.13. The lowest BCUT2D eigenvalue weighted by Crippen LogP contribution is -2.42. The van der Waals surface area contributed by atoms with Gasteiger partial charge in [0.05, 0.1) is 12.6 Å². The molecule has 2 heterocycles. The van der Waals surface area contributed by atoms with E-state index in [9.17, 15) is 4.79 Å². The summed E-state index contributed by atoms with van der Waals surface area (Å²) in [6, 6.07) is 0.0769. The molecule has 0 aromatic carbocycles. The van der Waals surface area contributed by atoms with Crippen molar-refractivity contribution in [3.63, 3.8) is 0 Å². The highest BCUT2D eigenvalue weighted by atomic mass is 16.5. The summed E-state index contributed by atoms with van der Waals surface area (Å²) in [5.74, 6) is 1.38. The smallest absolute Gasteiger partial charge is 0.239 e. The number of carbonyl (C=O) groups is 1. The Labute approximate surface area is 104 Å². The minimum Gasteiger partial charge on any atom is -0.381 e. The summed E-state index contributed by atoms with van der Waals surface area (Å²) >= 11 is 0. The van der Waals surface area contributed by atoms with Crippen molar-refractivity contribution in [2.24, 2.45) is 11.8 Å². The monoisotopic (exact) mass is 240 g/mol. The number of hydrogen-bond acceptors (Lipinski definition) is 3. The van der Waals surface area contributed by atoms with E-state index < -0.39 is 0 Å². The quantitative estimate of drug-likeness (QED) is 0.793. The molecule has 17 heavy (non-hydrogen) atoms. The van der Waals surface area contributed by atoms with Gasteiger partial charge in [-0.25, -0.2) is 0 Å². The second kappa shape index (κ2) is 5.83. The van der Waals surface area contributed by atoms with Crippen LogP contribution in [0.2, 0.25) is 0 Å². The van der Waals surface area contributed by atoms with Crippen molar-refractivity contribution >= 4 is 5.91 Å². The van der Waals surface area contributed by atoms with E-state index in [4.69, 9.17) is 4.74 Å². The second-order valence-corrected chi connectivity index (χ2v) is 5.29. The molecule has 0 saturated carbocycles. The van der Waals surface area contributed by atoms with Crippen molar-refractivity contribution in [3.8, 4) is 0 Å². The van der Waals surface area contributed by atoms with Gasteiger partial charge in [0.25, 0.3) is 0 Å². The van der Waals surface area contributed by atoms with E-state index in [2.05, 4.69) is 12.2 Å². The van der Waals surface area contributed by atoms with E-state index in [-0.39, 0.29) is 6.04 Å². The fourth-order valence-corrected chi connectivity index (χ4v) is 2.82. The molecule has 0 bridgehead atoms. The van der Waals surface area contributed by atoms with E-state index in [1.165, 1.54) is 0 Å². The normalized spacial score (nSPS) is 33.3. The second-order valence-electron chi connectivity index (χ2n) is 5.29. The summed E-state index contributed by atoms with van der Waals surface area (Å²) in [5, 5.41) is 3.28. The molecule has 2 aliphatic rings. The van der Waals surface area contributed by atoms with E-state index >= 15 is 0 Å². The predicted octanol–water partition coefficient (Wildman–Crippen LogP) is 0.869. The van der Waals surface area contributed by atoms with E-state index in [1.54, 1.807) is 0 Å². The number of carbonyl (C=O) groups excluding carboxylic acids is 1. The first-order valence-corrected chi connectivity index (χ1v) is 6.82. The minimum atomic E-state index is 0.0769. The Morgan fingerprint density at radius 1 is 1.47 bits per heavy atom. The Balaban J connectivity index is 1.84.